The van der Waals surface area contributed by atoms with Crippen molar-refractivity contribution in [3.63, 3.8) is 0 Å². The van der Waals surface area contributed by atoms with Gasteiger partial charge in [0.15, 0.2) is 5.82 Å². The van der Waals surface area contributed by atoms with Gasteiger partial charge in [0.05, 0.1) is 17.9 Å². The molecule has 0 saturated heterocycles. The fraction of sp³-hybridized carbons (Fsp3) is 0.241. The predicted octanol–water partition coefficient (Wildman–Crippen LogP) is 5.95. The van der Waals surface area contributed by atoms with Gasteiger partial charge in [-0.05, 0) is 60.5 Å². The van der Waals surface area contributed by atoms with Gasteiger partial charge >= 0.3 is 5.97 Å². The van der Waals surface area contributed by atoms with Crippen molar-refractivity contribution in [2.75, 3.05) is 23.4 Å². The second-order valence-electron chi connectivity index (χ2n) is 9.13. The number of carboxylic acids is 1. The molecule has 4 aromatic rings. The third-order valence-electron chi connectivity index (χ3n) is 6.63. The van der Waals surface area contributed by atoms with Crippen LogP contribution in [0.25, 0.3) is 10.8 Å². The zero-order chi connectivity index (χ0) is 26.8. The lowest BCUT2D eigenvalue weighted by atomic mass is 10.00. The number of aromatic nitrogens is 2. The van der Waals surface area contributed by atoms with E-state index in [0.717, 1.165) is 33.2 Å². The topological polar surface area (TPSA) is 105 Å². The molecule has 1 aliphatic rings. The number of carbonyl (C=O) groups is 2. The molecule has 0 fully saturated rings. The van der Waals surface area contributed by atoms with Crippen LogP contribution in [0.4, 0.5) is 17.3 Å². The van der Waals surface area contributed by atoms with E-state index in [1.54, 1.807) is 12.3 Å². The van der Waals surface area contributed by atoms with Gasteiger partial charge in [0.2, 0.25) is 0 Å². The molecule has 1 amide bonds. The molecule has 8 nitrogen and oxygen atoms in total. The number of aliphatic carboxylic acids is 1. The van der Waals surface area contributed by atoms with Crippen molar-refractivity contribution >= 4 is 51.6 Å². The van der Waals surface area contributed by atoms with Crippen LogP contribution in [0.1, 0.15) is 40.4 Å². The largest absolute Gasteiger partial charge is 0.493 e. The number of benzene rings is 2. The minimum absolute atomic E-state index is 0.0757. The maximum absolute atomic E-state index is 13.2. The van der Waals surface area contributed by atoms with Gasteiger partial charge in [-0.2, -0.15) is 0 Å². The van der Waals surface area contributed by atoms with Crippen LogP contribution in [0.2, 0.25) is 5.15 Å². The highest BCUT2D eigenvalue weighted by molar-refractivity contribution is 6.30. The Hall–Kier alpha value is -4.17. The van der Waals surface area contributed by atoms with Crippen LogP contribution in [0.15, 0.2) is 54.7 Å². The third-order valence-corrected chi connectivity index (χ3v) is 6.82. The molecule has 0 saturated carbocycles. The summed E-state index contributed by atoms with van der Waals surface area (Å²) in [6, 6.07) is 15.2. The molecule has 38 heavy (non-hydrogen) atoms. The van der Waals surface area contributed by atoms with E-state index in [1.165, 1.54) is 0 Å². The lowest BCUT2D eigenvalue weighted by Crippen LogP contribution is -2.20. The number of carbonyl (C=O) groups excluding carboxylic acids is 1. The summed E-state index contributed by atoms with van der Waals surface area (Å²) in [4.78, 5) is 35.2. The van der Waals surface area contributed by atoms with Crippen molar-refractivity contribution in [3.05, 3.63) is 82.1 Å². The Balaban J connectivity index is 1.36. The van der Waals surface area contributed by atoms with E-state index >= 15 is 0 Å². The van der Waals surface area contributed by atoms with Crippen molar-refractivity contribution in [2.24, 2.45) is 0 Å². The van der Waals surface area contributed by atoms with E-state index in [-0.39, 0.29) is 12.3 Å². The molecule has 2 aromatic carbocycles. The summed E-state index contributed by atoms with van der Waals surface area (Å²) in [6.07, 6.45) is 2.84. The summed E-state index contributed by atoms with van der Waals surface area (Å²) in [5.74, 6) is 0.768. The standard InChI is InChI=1S/C29H27ClN4O4/c1-3-34-27-22(29(37)33-26-17(2)14-24(30)32-28(26)34)15-18(16-31-27)12-13-38-23-10-8-19(9-11-25(35)36)20-6-4-5-7-21(20)23/h4-8,10,14-16H,3,9,11-13H2,1-2H3,(H,33,37)(H,35,36). The number of halogens is 1. The zero-order valence-electron chi connectivity index (χ0n) is 21.1. The van der Waals surface area contributed by atoms with Crippen molar-refractivity contribution in [3.8, 4) is 5.75 Å². The van der Waals surface area contributed by atoms with Gasteiger partial charge in [0, 0.05) is 31.0 Å². The number of nitrogens with one attached hydrogen (secondary N) is 1. The maximum atomic E-state index is 13.2. The van der Waals surface area contributed by atoms with Crippen molar-refractivity contribution in [1.82, 2.24) is 9.97 Å². The molecule has 194 valence electrons. The quantitative estimate of drug-likeness (QED) is 0.271. The van der Waals surface area contributed by atoms with Crippen LogP contribution in [-0.2, 0) is 17.6 Å². The van der Waals surface area contributed by atoms with Crippen molar-refractivity contribution in [2.45, 2.75) is 33.1 Å². The number of rotatable bonds is 8. The number of hydrogen-bond acceptors (Lipinski definition) is 6. The molecule has 0 spiro atoms. The Labute approximate surface area is 225 Å². The summed E-state index contributed by atoms with van der Waals surface area (Å²) < 4.78 is 6.14. The average molecular weight is 531 g/mol. The van der Waals surface area contributed by atoms with Crippen LogP contribution in [0, 0.1) is 6.92 Å². The molecule has 2 N–H and O–H groups in total. The average Bonchev–Trinajstić information content (AvgIpc) is 3.01. The summed E-state index contributed by atoms with van der Waals surface area (Å²) in [7, 11) is 0. The molecule has 5 rings (SSSR count). The molecule has 9 heteroatoms. The molecular formula is C29H27ClN4O4. The smallest absolute Gasteiger partial charge is 0.303 e. The van der Waals surface area contributed by atoms with Crippen LogP contribution in [-0.4, -0.2) is 40.1 Å². The fourth-order valence-corrected chi connectivity index (χ4v) is 5.01. The van der Waals surface area contributed by atoms with E-state index < -0.39 is 5.97 Å². The van der Waals surface area contributed by atoms with Crippen LogP contribution in [0.3, 0.4) is 0 Å². The molecule has 2 aromatic heterocycles. The molecule has 3 heterocycles. The van der Waals surface area contributed by atoms with Gasteiger partial charge in [0.1, 0.15) is 16.7 Å². The predicted molar refractivity (Wildman–Crippen MR) is 148 cm³/mol. The van der Waals surface area contributed by atoms with Gasteiger partial charge in [-0.1, -0.05) is 41.9 Å². The monoisotopic (exact) mass is 530 g/mol. The SMILES string of the molecule is CCN1c2ncc(CCOc3ccc(CCC(=O)O)c4ccccc34)cc2C(=O)Nc2c(C)cc(Cl)nc21. The fourth-order valence-electron chi connectivity index (χ4n) is 4.76. The Kier molecular flexibility index (Phi) is 7.15. The van der Waals surface area contributed by atoms with E-state index in [1.807, 2.05) is 61.2 Å². The molecule has 0 bridgehead atoms. The maximum Gasteiger partial charge on any atom is 0.303 e. The van der Waals surface area contributed by atoms with Crippen LogP contribution in [0.5, 0.6) is 5.75 Å². The summed E-state index contributed by atoms with van der Waals surface area (Å²) >= 11 is 6.22. The summed E-state index contributed by atoms with van der Waals surface area (Å²) in [6.45, 7) is 4.80. The van der Waals surface area contributed by atoms with Gasteiger partial charge < -0.3 is 20.1 Å². The first-order valence-corrected chi connectivity index (χ1v) is 12.8. The zero-order valence-corrected chi connectivity index (χ0v) is 21.9. The molecule has 1 aliphatic heterocycles. The highest BCUT2D eigenvalue weighted by Crippen LogP contribution is 2.38. The Morgan fingerprint density at radius 1 is 1.11 bits per heavy atom. The van der Waals surface area contributed by atoms with Crippen molar-refractivity contribution < 1.29 is 19.4 Å². The first kappa shape index (κ1) is 25.5. The number of fused-ring (bicyclic) bond motifs is 3. The normalized spacial score (nSPS) is 12.5. The first-order valence-electron chi connectivity index (χ1n) is 12.5. The van der Waals surface area contributed by atoms with E-state index in [9.17, 15) is 9.59 Å². The second-order valence-corrected chi connectivity index (χ2v) is 9.52. The Morgan fingerprint density at radius 2 is 1.89 bits per heavy atom. The molecule has 0 atom stereocenters. The van der Waals surface area contributed by atoms with Gasteiger partial charge in [-0.15, -0.1) is 0 Å². The number of anilines is 3. The number of nitrogens with zero attached hydrogens (tertiary/aromatic N) is 3. The van der Waals surface area contributed by atoms with Gasteiger partial charge in [-0.25, -0.2) is 9.97 Å². The minimum Gasteiger partial charge on any atom is -0.493 e. The number of carboxylic acid groups (broad SMARTS) is 1. The van der Waals surface area contributed by atoms with E-state index in [0.29, 0.717) is 54.0 Å². The highest BCUT2D eigenvalue weighted by Gasteiger charge is 2.28. The number of amides is 1. The third kappa shape index (κ3) is 4.99. The lowest BCUT2D eigenvalue weighted by Gasteiger charge is -2.23. The Bertz CT molecular complexity index is 1560. The van der Waals surface area contributed by atoms with Gasteiger partial charge in [0.25, 0.3) is 5.91 Å². The van der Waals surface area contributed by atoms with Crippen LogP contribution >= 0.6 is 11.6 Å². The molecule has 0 aliphatic carbocycles. The van der Waals surface area contributed by atoms with E-state index in [2.05, 4.69) is 15.3 Å². The number of ether oxygens (including phenoxy) is 1. The lowest BCUT2D eigenvalue weighted by molar-refractivity contribution is -0.136. The molecular weight excluding hydrogens is 504 g/mol. The summed E-state index contributed by atoms with van der Waals surface area (Å²) in [5.41, 5.74) is 3.76. The first-order chi connectivity index (χ1) is 18.4. The molecule has 0 radical (unpaired) electrons. The highest BCUT2D eigenvalue weighted by atomic mass is 35.5. The van der Waals surface area contributed by atoms with Crippen LogP contribution < -0.4 is 15.0 Å². The van der Waals surface area contributed by atoms with E-state index in [4.69, 9.17) is 21.4 Å². The minimum atomic E-state index is -0.821. The number of hydrogen-bond donors (Lipinski definition) is 2. The summed E-state index contributed by atoms with van der Waals surface area (Å²) in [5, 5.41) is 14.3. The molecule has 0 unspecified atom stereocenters. The number of aryl methyl sites for hydroxylation is 2. The van der Waals surface area contributed by atoms with Crippen molar-refractivity contribution in [1.29, 1.82) is 0 Å². The Morgan fingerprint density at radius 3 is 2.66 bits per heavy atom. The second kappa shape index (κ2) is 10.7. The van der Waals surface area contributed by atoms with Gasteiger partial charge in [-0.3, -0.25) is 9.59 Å². The number of pyridine rings is 2.